The van der Waals surface area contributed by atoms with Crippen molar-refractivity contribution in [3.05, 3.63) is 50.4 Å². The number of aromatic amines is 1. The summed E-state index contributed by atoms with van der Waals surface area (Å²) in [6, 6.07) is 4.72. The Labute approximate surface area is 177 Å². The van der Waals surface area contributed by atoms with Crippen molar-refractivity contribution < 1.29 is 13.2 Å². The number of anilines is 1. The van der Waals surface area contributed by atoms with E-state index in [1.165, 1.54) is 18.0 Å². The van der Waals surface area contributed by atoms with Gasteiger partial charge < -0.3 is 10.3 Å². The SMILES string of the molecule is CNS(=O)(=O)c1cc(NC(=O)CCc2nc3sc4c(c3c(=O)[nH]2)CCC4)ccc1C. The molecule has 2 aromatic heterocycles. The van der Waals surface area contributed by atoms with E-state index < -0.39 is 10.0 Å². The molecular formula is C20H22N4O4S2. The smallest absolute Gasteiger partial charge is 0.259 e. The average Bonchev–Trinajstić information content (AvgIpc) is 3.28. The number of H-pyrrole nitrogens is 1. The third kappa shape index (κ3) is 3.90. The first-order valence-electron chi connectivity index (χ1n) is 9.66. The maximum atomic E-state index is 12.5. The maximum Gasteiger partial charge on any atom is 0.259 e. The van der Waals surface area contributed by atoms with Gasteiger partial charge in [0.05, 0.1) is 10.3 Å². The van der Waals surface area contributed by atoms with Crippen molar-refractivity contribution in [3.8, 4) is 0 Å². The van der Waals surface area contributed by atoms with Crippen LogP contribution >= 0.6 is 11.3 Å². The second-order valence-corrected chi connectivity index (χ2v) is 10.2. The van der Waals surface area contributed by atoms with Gasteiger partial charge in [-0.3, -0.25) is 9.59 Å². The lowest BCUT2D eigenvalue weighted by Crippen LogP contribution is -2.20. The molecule has 1 aliphatic carbocycles. The van der Waals surface area contributed by atoms with Crippen molar-refractivity contribution in [2.75, 3.05) is 12.4 Å². The van der Waals surface area contributed by atoms with Gasteiger partial charge in [0, 0.05) is 23.4 Å². The van der Waals surface area contributed by atoms with E-state index in [0.717, 1.165) is 29.7 Å². The molecule has 1 amide bonds. The maximum absolute atomic E-state index is 12.5. The molecule has 1 aromatic carbocycles. The van der Waals surface area contributed by atoms with Crippen LogP contribution in [0.1, 0.15) is 34.7 Å². The zero-order valence-electron chi connectivity index (χ0n) is 16.7. The van der Waals surface area contributed by atoms with Gasteiger partial charge in [-0.25, -0.2) is 18.1 Å². The molecule has 1 aliphatic rings. The van der Waals surface area contributed by atoms with Crippen molar-refractivity contribution in [2.24, 2.45) is 0 Å². The van der Waals surface area contributed by atoms with E-state index in [9.17, 15) is 18.0 Å². The monoisotopic (exact) mass is 446 g/mol. The number of carbonyl (C=O) groups is 1. The lowest BCUT2D eigenvalue weighted by atomic mass is 10.2. The van der Waals surface area contributed by atoms with Crippen LogP contribution < -0.4 is 15.6 Å². The van der Waals surface area contributed by atoms with E-state index in [1.54, 1.807) is 30.4 Å². The van der Waals surface area contributed by atoms with Gasteiger partial charge in [0.2, 0.25) is 15.9 Å². The van der Waals surface area contributed by atoms with E-state index in [0.29, 0.717) is 22.5 Å². The van der Waals surface area contributed by atoms with Gasteiger partial charge in [-0.15, -0.1) is 11.3 Å². The highest BCUT2D eigenvalue weighted by Crippen LogP contribution is 2.34. The summed E-state index contributed by atoms with van der Waals surface area (Å²) in [5.74, 6) is 0.188. The molecule has 3 aromatic rings. The van der Waals surface area contributed by atoms with Gasteiger partial charge in [-0.1, -0.05) is 6.07 Å². The topological polar surface area (TPSA) is 121 Å². The first kappa shape index (κ1) is 20.7. The highest BCUT2D eigenvalue weighted by Gasteiger charge is 2.21. The Hall–Kier alpha value is -2.56. The zero-order chi connectivity index (χ0) is 21.5. The molecule has 8 nitrogen and oxygen atoms in total. The Morgan fingerprint density at radius 2 is 2.10 bits per heavy atom. The number of hydrogen-bond donors (Lipinski definition) is 3. The lowest BCUT2D eigenvalue weighted by Gasteiger charge is -2.10. The van der Waals surface area contributed by atoms with Crippen LogP contribution in [0.4, 0.5) is 5.69 Å². The minimum atomic E-state index is -3.62. The number of benzene rings is 1. The molecule has 0 aliphatic heterocycles. The number of amides is 1. The fraction of sp³-hybridized carbons (Fsp3) is 0.350. The van der Waals surface area contributed by atoms with Gasteiger partial charge in [-0.2, -0.15) is 0 Å². The first-order chi connectivity index (χ1) is 14.3. The highest BCUT2D eigenvalue weighted by atomic mass is 32.2. The third-order valence-electron chi connectivity index (χ3n) is 5.24. The third-order valence-corrected chi connectivity index (χ3v) is 7.99. The average molecular weight is 447 g/mol. The molecule has 0 bridgehead atoms. The molecular weight excluding hydrogens is 424 g/mol. The van der Waals surface area contributed by atoms with Crippen LogP contribution in [-0.2, 0) is 34.1 Å². The number of nitrogens with zero attached hydrogens (tertiary/aromatic N) is 1. The van der Waals surface area contributed by atoms with E-state index in [2.05, 4.69) is 20.0 Å². The van der Waals surface area contributed by atoms with Gasteiger partial charge in [0.1, 0.15) is 10.7 Å². The number of fused-ring (bicyclic) bond motifs is 3. The number of thiophene rings is 1. The number of carbonyl (C=O) groups excluding carboxylic acids is 1. The van der Waals surface area contributed by atoms with Crippen molar-refractivity contribution in [3.63, 3.8) is 0 Å². The van der Waals surface area contributed by atoms with E-state index >= 15 is 0 Å². The minimum Gasteiger partial charge on any atom is -0.326 e. The number of rotatable bonds is 6. The molecule has 0 radical (unpaired) electrons. The summed E-state index contributed by atoms with van der Waals surface area (Å²) >= 11 is 1.56. The summed E-state index contributed by atoms with van der Waals surface area (Å²) < 4.78 is 26.5. The molecule has 0 saturated heterocycles. The van der Waals surface area contributed by atoms with Gasteiger partial charge >= 0.3 is 0 Å². The number of aryl methyl sites for hydroxylation is 4. The number of sulfonamides is 1. The molecule has 0 unspecified atom stereocenters. The fourth-order valence-corrected chi connectivity index (χ4v) is 5.97. The summed E-state index contributed by atoms with van der Waals surface area (Å²) in [6.07, 6.45) is 3.39. The molecule has 4 rings (SSSR count). The molecule has 0 atom stereocenters. The molecule has 0 fully saturated rings. The molecule has 3 N–H and O–H groups in total. The van der Waals surface area contributed by atoms with Crippen LogP contribution in [-0.4, -0.2) is 31.3 Å². The fourth-order valence-electron chi connectivity index (χ4n) is 3.70. The van der Waals surface area contributed by atoms with Crippen LogP contribution in [0.3, 0.4) is 0 Å². The number of nitrogens with one attached hydrogen (secondary N) is 3. The van der Waals surface area contributed by atoms with Crippen LogP contribution in [0.25, 0.3) is 10.2 Å². The van der Waals surface area contributed by atoms with Crippen LogP contribution in [0.2, 0.25) is 0 Å². The van der Waals surface area contributed by atoms with E-state index in [1.807, 2.05) is 0 Å². The Balaban J connectivity index is 1.47. The normalized spacial score (nSPS) is 13.5. The quantitative estimate of drug-likeness (QED) is 0.536. The Morgan fingerprint density at radius 3 is 2.87 bits per heavy atom. The van der Waals surface area contributed by atoms with E-state index in [-0.39, 0.29) is 29.2 Å². The van der Waals surface area contributed by atoms with Crippen LogP contribution in [0, 0.1) is 6.92 Å². The van der Waals surface area contributed by atoms with Crippen molar-refractivity contribution in [1.82, 2.24) is 14.7 Å². The minimum absolute atomic E-state index is 0.113. The van der Waals surface area contributed by atoms with Crippen LogP contribution in [0.5, 0.6) is 0 Å². The van der Waals surface area contributed by atoms with Crippen molar-refractivity contribution >= 4 is 43.2 Å². The Bertz CT molecular complexity index is 1310. The standard InChI is InChI=1S/C20H22N4O4S2/c1-11-6-7-12(10-15(11)30(27,28)21-2)22-17(25)9-8-16-23-19(26)18-13-4-3-5-14(13)29-20(18)24-16/h6-7,10,21H,3-5,8-9H2,1-2H3,(H,22,25)(H,23,24,26). The molecule has 2 heterocycles. The lowest BCUT2D eigenvalue weighted by molar-refractivity contribution is -0.116. The zero-order valence-corrected chi connectivity index (χ0v) is 18.3. The molecule has 158 valence electrons. The molecule has 0 saturated carbocycles. The number of hydrogen-bond acceptors (Lipinski definition) is 6. The Kier molecular flexibility index (Phi) is 5.48. The second-order valence-electron chi connectivity index (χ2n) is 7.29. The first-order valence-corrected chi connectivity index (χ1v) is 12.0. The largest absolute Gasteiger partial charge is 0.326 e. The summed E-state index contributed by atoms with van der Waals surface area (Å²) in [4.78, 5) is 34.3. The summed E-state index contributed by atoms with van der Waals surface area (Å²) in [6.45, 7) is 1.69. The van der Waals surface area contributed by atoms with Gasteiger partial charge in [-0.05, 0) is 56.5 Å². The Morgan fingerprint density at radius 1 is 1.30 bits per heavy atom. The van der Waals surface area contributed by atoms with Crippen LogP contribution in [0.15, 0.2) is 27.9 Å². The summed E-state index contributed by atoms with van der Waals surface area (Å²) in [5.41, 5.74) is 1.96. The predicted octanol–water partition coefficient (Wildman–Crippen LogP) is 2.26. The van der Waals surface area contributed by atoms with Crippen molar-refractivity contribution in [2.45, 2.75) is 43.9 Å². The van der Waals surface area contributed by atoms with Gasteiger partial charge in [0.25, 0.3) is 5.56 Å². The highest BCUT2D eigenvalue weighted by molar-refractivity contribution is 7.89. The van der Waals surface area contributed by atoms with Gasteiger partial charge in [0.15, 0.2) is 0 Å². The van der Waals surface area contributed by atoms with E-state index in [4.69, 9.17) is 0 Å². The second kappa shape index (κ2) is 7.93. The molecule has 10 heteroatoms. The number of aromatic nitrogens is 2. The summed E-state index contributed by atoms with van der Waals surface area (Å²) in [7, 11) is -2.28. The molecule has 30 heavy (non-hydrogen) atoms. The predicted molar refractivity (Wildman–Crippen MR) is 117 cm³/mol. The van der Waals surface area contributed by atoms with Crippen molar-refractivity contribution in [1.29, 1.82) is 0 Å². The molecule has 0 spiro atoms. The summed E-state index contributed by atoms with van der Waals surface area (Å²) in [5, 5.41) is 3.40.